The summed E-state index contributed by atoms with van der Waals surface area (Å²) in [6.07, 6.45) is 5.30. The third-order valence-corrected chi connectivity index (χ3v) is 3.02. The second kappa shape index (κ2) is 5.82. The van der Waals surface area contributed by atoms with E-state index in [1.165, 1.54) is 0 Å². The van der Waals surface area contributed by atoms with Crippen molar-refractivity contribution in [2.45, 2.75) is 19.8 Å². The van der Waals surface area contributed by atoms with Crippen LogP contribution in [0.4, 0.5) is 0 Å². The molecule has 1 atom stereocenters. The lowest BCUT2D eigenvalue weighted by Crippen LogP contribution is -2.29. The molecule has 94 valence electrons. The lowest BCUT2D eigenvalue weighted by molar-refractivity contribution is 0.0754. The van der Waals surface area contributed by atoms with Crippen LogP contribution >= 0.6 is 0 Å². The minimum absolute atomic E-state index is 0.0664. The summed E-state index contributed by atoms with van der Waals surface area (Å²) in [5.41, 5.74) is 0.639. The summed E-state index contributed by atoms with van der Waals surface area (Å²) in [6, 6.07) is 0. The zero-order valence-corrected chi connectivity index (χ0v) is 10.2. The molecule has 1 aliphatic heterocycles. The van der Waals surface area contributed by atoms with Crippen LogP contribution in [-0.4, -0.2) is 47.3 Å². The molecule has 0 bridgehead atoms. The minimum atomic E-state index is 0.0664. The summed E-state index contributed by atoms with van der Waals surface area (Å²) < 4.78 is 5.53. The molecule has 0 aromatic carbocycles. The SMILES string of the molecule is CCCOC[C@H]1CCN(C(=O)c2cn[nH]c2)C1. The summed E-state index contributed by atoms with van der Waals surface area (Å²) in [5, 5.41) is 6.46. The molecule has 1 amide bonds. The molecular weight excluding hydrogens is 218 g/mol. The Bertz CT molecular complexity index is 351. The number of hydrogen-bond donors (Lipinski definition) is 1. The highest BCUT2D eigenvalue weighted by Gasteiger charge is 2.27. The molecule has 0 aliphatic carbocycles. The molecule has 0 radical (unpaired) electrons. The van der Waals surface area contributed by atoms with E-state index in [1.807, 2.05) is 4.90 Å². The van der Waals surface area contributed by atoms with Crippen LogP contribution in [0.5, 0.6) is 0 Å². The Labute approximate surface area is 101 Å². The number of rotatable bonds is 5. The molecule has 1 aromatic heterocycles. The van der Waals surface area contributed by atoms with Crippen molar-refractivity contribution in [1.29, 1.82) is 0 Å². The van der Waals surface area contributed by atoms with Crippen LogP contribution in [0.15, 0.2) is 12.4 Å². The van der Waals surface area contributed by atoms with E-state index in [9.17, 15) is 4.79 Å². The smallest absolute Gasteiger partial charge is 0.257 e. The quantitative estimate of drug-likeness (QED) is 0.785. The van der Waals surface area contributed by atoms with Crippen LogP contribution < -0.4 is 0 Å². The highest BCUT2D eigenvalue weighted by Crippen LogP contribution is 2.18. The molecule has 1 aliphatic rings. The van der Waals surface area contributed by atoms with Crippen molar-refractivity contribution in [3.8, 4) is 0 Å². The van der Waals surface area contributed by atoms with Crippen molar-refractivity contribution in [3.05, 3.63) is 18.0 Å². The van der Waals surface area contributed by atoms with Gasteiger partial charge in [-0.2, -0.15) is 5.10 Å². The Morgan fingerprint density at radius 2 is 2.59 bits per heavy atom. The van der Waals surface area contributed by atoms with Gasteiger partial charge < -0.3 is 9.64 Å². The Hall–Kier alpha value is -1.36. The van der Waals surface area contributed by atoms with E-state index < -0.39 is 0 Å². The van der Waals surface area contributed by atoms with Crippen molar-refractivity contribution in [1.82, 2.24) is 15.1 Å². The van der Waals surface area contributed by atoms with Crippen LogP contribution in [0.2, 0.25) is 0 Å². The van der Waals surface area contributed by atoms with E-state index in [4.69, 9.17) is 4.74 Å². The number of aromatic amines is 1. The van der Waals surface area contributed by atoms with Crippen molar-refractivity contribution < 1.29 is 9.53 Å². The second-order valence-corrected chi connectivity index (χ2v) is 4.47. The molecule has 2 rings (SSSR count). The summed E-state index contributed by atoms with van der Waals surface area (Å²) in [5.74, 6) is 0.550. The molecule has 1 fully saturated rings. The number of amides is 1. The molecule has 17 heavy (non-hydrogen) atoms. The second-order valence-electron chi connectivity index (χ2n) is 4.47. The molecule has 1 saturated heterocycles. The number of aromatic nitrogens is 2. The highest BCUT2D eigenvalue weighted by atomic mass is 16.5. The van der Waals surface area contributed by atoms with Gasteiger partial charge in [-0.25, -0.2) is 0 Å². The van der Waals surface area contributed by atoms with Crippen molar-refractivity contribution in [3.63, 3.8) is 0 Å². The van der Waals surface area contributed by atoms with Crippen molar-refractivity contribution in [2.75, 3.05) is 26.3 Å². The molecule has 1 N–H and O–H groups in total. The first-order valence-corrected chi connectivity index (χ1v) is 6.17. The molecular formula is C12H19N3O2. The fraction of sp³-hybridized carbons (Fsp3) is 0.667. The molecule has 0 saturated carbocycles. The van der Waals surface area contributed by atoms with Gasteiger partial charge in [-0.15, -0.1) is 0 Å². The van der Waals surface area contributed by atoms with E-state index in [1.54, 1.807) is 12.4 Å². The molecule has 1 aromatic rings. The number of ether oxygens (including phenoxy) is 1. The molecule has 5 heteroatoms. The van der Waals surface area contributed by atoms with E-state index >= 15 is 0 Å². The van der Waals surface area contributed by atoms with Gasteiger partial charge in [0, 0.05) is 31.8 Å². The number of carbonyl (C=O) groups excluding carboxylic acids is 1. The predicted molar refractivity (Wildman–Crippen MR) is 63.7 cm³/mol. The Kier molecular flexibility index (Phi) is 4.14. The minimum Gasteiger partial charge on any atom is -0.381 e. The first-order valence-electron chi connectivity index (χ1n) is 6.17. The van der Waals surface area contributed by atoms with Gasteiger partial charge >= 0.3 is 0 Å². The van der Waals surface area contributed by atoms with Gasteiger partial charge in [-0.3, -0.25) is 9.89 Å². The molecule has 0 unspecified atom stereocenters. The van der Waals surface area contributed by atoms with E-state index in [2.05, 4.69) is 17.1 Å². The molecule has 5 nitrogen and oxygen atoms in total. The van der Waals surface area contributed by atoms with Gasteiger partial charge in [0.2, 0.25) is 0 Å². The average molecular weight is 237 g/mol. The zero-order valence-electron chi connectivity index (χ0n) is 10.2. The normalized spacial score (nSPS) is 19.8. The first kappa shape index (κ1) is 12.1. The Morgan fingerprint density at radius 1 is 1.71 bits per heavy atom. The summed E-state index contributed by atoms with van der Waals surface area (Å²) in [7, 11) is 0. The van der Waals surface area contributed by atoms with Crippen molar-refractivity contribution in [2.24, 2.45) is 5.92 Å². The predicted octanol–water partition coefficient (Wildman–Crippen LogP) is 1.30. The number of H-pyrrole nitrogens is 1. The van der Waals surface area contributed by atoms with Crippen LogP contribution in [0.3, 0.4) is 0 Å². The van der Waals surface area contributed by atoms with E-state index in [0.717, 1.165) is 39.1 Å². The van der Waals surface area contributed by atoms with Crippen LogP contribution in [0.1, 0.15) is 30.1 Å². The maximum Gasteiger partial charge on any atom is 0.257 e. The lowest BCUT2D eigenvalue weighted by atomic mass is 10.1. The summed E-state index contributed by atoms with van der Waals surface area (Å²) in [6.45, 7) is 5.30. The van der Waals surface area contributed by atoms with Gasteiger partial charge in [0.25, 0.3) is 5.91 Å². The monoisotopic (exact) mass is 237 g/mol. The van der Waals surface area contributed by atoms with Gasteiger partial charge in [0.15, 0.2) is 0 Å². The van der Waals surface area contributed by atoms with Crippen molar-refractivity contribution >= 4 is 5.91 Å². The summed E-state index contributed by atoms with van der Waals surface area (Å²) >= 11 is 0. The average Bonchev–Trinajstić information content (AvgIpc) is 3.00. The van der Waals surface area contributed by atoms with Gasteiger partial charge in [-0.1, -0.05) is 6.92 Å². The maximum atomic E-state index is 12.0. The van der Waals surface area contributed by atoms with E-state index in [-0.39, 0.29) is 5.91 Å². The molecule has 0 spiro atoms. The number of nitrogens with one attached hydrogen (secondary N) is 1. The Morgan fingerprint density at radius 3 is 3.29 bits per heavy atom. The zero-order chi connectivity index (χ0) is 12.1. The molecule has 2 heterocycles. The van der Waals surface area contributed by atoms with Gasteiger partial charge in [0.1, 0.15) is 0 Å². The van der Waals surface area contributed by atoms with Crippen LogP contribution in [0.25, 0.3) is 0 Å². The summed E-state index contributed by atoms with van der Waals surface area (Å²) in [4.78, 5) is 13.9. The largest absolute Gasteiger partial charge is 0.381 e. The van der Waals surface area contributed by atoms with Gasteiger partial charge in [0.05, 0.1) is 18.4 Å². The standard InChI is InChI=1S/C12H19N3O2/c1-2-5-17-9-10-3-4-15(8-10)12(16)11-6-13-14-7-11/h6-7,10H,2-5,8-9H2,1H3,(H,13,14)/t10-/m0/s1. The fourth-order valence-electron chi connectivity index (χ4n) is 2.10. The first-order chi connectivity index (χ1) is 8.31. The number of likely N-dealkylation sites (tertiary alicyclic amines) is 1. The van der Waals surface area contributed by atoms with Crippen LogP contribution in [0, 0.1) is 5.92 Å². The topological polar surface area (TPSA) is 58.2 Å². The number of hydrogen-bond acceptors (Lipinski definition) is 3. The number of nitrogens with zero attached hydrogens (tertiary/aromatic N) is 2. The fourth-order valence-corrected chi connectivity index (χ4v) is 2.10. The van der Waals surface area contributed by atoms with E-state index in [0.29, 0.717) is 11.5 Å². The van der Waals surface area contributed by atoms with Crippen LogP contribution in [-0.2, 0) is 4.74 Å². The number of carbonyl (C=O) groups is 1. The Balaban J connectivity index is 1.79. The lowest BCUT2D eigenvalue weighted by Gasteiger charge is -2.15. The highest BCUT2D eigenvalue weighted by molar-refractivity contribution is 5.93. The third-order valence-electron chi connectivity index (χ3n) is 3.02. The van der Waals surface area contributed by atoms with Gasteiger partial charge in [-0.05, 0) is 12.8 Å². The maximum absolute atomic E-state index is 12.0. The third kappa shape index (κ3) is 3.06.